The molecule has 3 aromatic rings. The Balaban J connectivity index is 1.96. The molecule has 0 radical (unpaired) electrons. The zero-order chi connectivity index (χ0) is 14.8. The highest BCUT2D eigenvalue weighted by Crippen LogP contribution is 2.29. The van der Waals surface area contributed by atoms with Gasteiger partial charge in [-0.2, -0.15) is 0 Å². The number of pyridine rings is 1. The number of nitro benzene ring substituents is 1. The Morgan fingerprint density at radius 2 is 1.90 bits per heavy atom. The fourth-order valence-electron chi connectivity index (χ4n) is 1.90. The van der Waals surface area contributed by atoms with E-state index in [1.165, 1.54) is 12.1 Å². The molecule has 0 saturated heterocycles. The van der Waals surface area contributed by atoms with Crippen molar-refractivity contribution in [3.05, 3.63) is 69.7 Å². The Hall–Kier alpha value is -2.66. The van der Waals surface area contributed by atoms with Gasteiger partial charge < -0.3 is 4.74 Å². The highest BCUT2D eigenvalue weighted by atomic mass is 35.5. The fourth-order valence-corrected chi connectivity index (χ4v) is 2.08. The van der Waals surface area contributed by atoms with Crippen molar-refractivity contribution in [1.29, 1.82) is 0 Å². The summed E-state index contributed by atoms with van der Waals surface area (Å²) in [6.07, 6.45) is 0. The van der Waals surface area contributed by atoms with Gasteiger partial charge in [-0.05, 0) is 24.3 Å². The largest absolute Gasteiger partial charge is 0.437 e. The quantitative estimate of drug-likeness (QED) is 0.524. The van der Waals surface area contributed by atoms with Crippen molar-refractivity contribution in [2.75, 3.05) is 0 Å². The van der Waals surface area contributed by atoms with E-state index in [4.69, 9.17) is 16.3 Å². The van der Waals surface area contributed by atoms with Gasteiger partial charge in [0.05, 0.1) is 15.5 Å². The second-order valence-electron chi connectivity index (χ2n) is 4.32. The number of benzene rings is 2. The Bertz CT molecular complexity index is 836. The number of halogens is 1. The van der Waals surface area contributed by atoms with Crippen molar-refractivity contribution in [2.24, 2.45) is 0 Å². The van der Waals surface area contributed by atoms with Gasteiger partial charge in [0, 0.05) is 23.6 Å². The van der Waals surface area contributed by atoms with E-state index in [9.17, 15) is 10.1 Å². The van der Waals surface area contributed by atoms with Crippen molar-refractivity contribution in [3.8, 4) is 11.6 Å². The third-order valence-corrected chi connectivity index (χ3v) is 3.22. The van der Waals surface area contributed by atoms with Crippen LogP contribution in [-0.2, 0) is 0 Å². The molecule has 1 heterocycles. The van der Waals surface area contributed by atoms with Crippen LogP contribution < -0.4 is 4.74 Å². The Kier molecular flexibility index (Phi) is 3.41. The molecular formula is C15H9ClN2O3. The van der Waals surface area contributed by atoms with Crippen LogP contribution in [0.2, 0.25) is 5.02 Å². The maximum absolute atomic E-state index is 10.7. The van der Waals surface area contributed by atoms with Crippen LogP contribution in [0.3, 0.4) is 0 Å². The van der Waals surface area contributed by atoms with E-state index in [1.807, 2.05) is 12.1 Å². The normalized spacial score (nSPS) is 10.5. The van der Waals surface area contributed by atoms with Crippen molar-refractivity contribution in [3.63, 3.8) is 0 Å². The summed E-state index contributed by atoms with van der Waals surface area (Å²) in [5.74, 6) is 0.886. The molecule has 1 aromatic heterocycles. The van der Waals surface area contributed by atoms with Crippen LogP contribution in [-0.4, -0.2) is 9.91 Å². The molecule has 0 aliphatic rings. The molecule has 0 aliphatic carbocycles. The Morgan fingerprint density at radius 1 is 1.10 bits per heavy atom. The highest BCUT2D eigenvalue weighted by molar-refractivity contribution is 6.32. The van der Waals surface area contributed by atoms with Gasteiger partial charge >= 0.3 is 0 Å². The molecule has 0 N–H and O–H groups in total. The van der Waals surface area contributed by atoms with E-state index in [0.717, 1.165) is 0 Å². The minimum atomic E-state index is -0.437. The van der Waals surface area contributed by atoms with Crippen LogP contribution in [0.4, 0.5) is 5.69 Å². The average molecular weight is 301 g/mol. The number of nitrogens with zero attached hydrogens (tertiary/aromatic N) is 2. The molecule has 0 bridgehead atoms. The molecule has 0 amide bonds. The van der Waals surface area contributed by atoms with Crippen LogP contribution in [0.1, 0.15) is 0 Å². The standard InChI is InChI=1S/C15H9ClN2O3/c16-12-3-1-2-4-14(12)21-15-8-5-10-9-11(18(19)20)6-7-13(10)17-15/h1-9H. The van der Waals surface area contributed by atoms with E-state index in [1.54, 1.807) is 30.3 Å². The third-order valence-electron chi connectivity index (χ3n) is 2.91. The number of hydrogen-bond donors (Lipinski definition) is 0. The molecular weight excluding hydrogens is 292 g/mol. The number of fused-ring (bicyclic) bond motifs is 1. The Morgan fingerprint density at radius 3 is 2.67 bits per heavy atom. The molecule has 2 aromatic carbocycles. The molecule has 0 atom stereocenters. The zero-order valence-electron chi connectivity index (χ0n) is 10.7. The van der Waals surface area contributed by atoms with Gasteiger partial charge in [0.2, 0.25) is 5.88 Å². The molecule has 0 saturated carbocycles. The predicted octanol–water partition coefficient (Wildman–Crippen LogP) is 4.59. The molecule has 0 aliphatic heterocycles. The molecule has 6 heteroatoms. The number of aromatic nitrogens is 1. The van der Waals surface area contributed by atoms with Crippen LogP contribution in [0.25, 0.3) is 10.9 Å². The smallest absolute Gasteiger partial charge is 0.270 e. The van der Waals surface area contributed by atoms with Crippen LogP contribution in [0.15, 0.2) is 54.6 Å². The number of rotatable bonds is 3. The first-order valence-electron chi connectivity index (χ1n) is 6.11. The molecule has 3 rings (SSSR count). The fraction of sp³-hybridized carbons (Fsp3) is 0. The zero-order valence-corrected chi connectivity index (χ0v) is 11.4. The molecule has 0 unspecified atom stereocenters. The molecule has 0 fully saturated rings. The van der Waals surface area contributed by atoms with Gasteiger partial charge in [-0.3, -0.25) is 10.1 Å². The number of ether oxygens (including phenoxy) is 1. The number of hydrogen-bond acceptors (Lipinski definition) is 4. The highest BCUT2D eigenvalue weighted by Gasteiger charge is 2.08. The second kappa shape index (κ2) is 5.38. The number of nitro groups is 1. The van der Waals surface area contributed by atoms with E-state index in [0.29, 0.717) is 27.6 Å². The maximum Gasteiger partial charge on any atom is 0.270 e. The number of non-ortho nitro benzene ring substituents is 1. The molecule has 21 heavy (non-hydrogen) atoms. The predicted molar refractivity (Wildman–Crippen MR) is 79.9 cm³/mol. The van der Waals surface area contributed by atoms with Gasteiger partial charge in [0.1, 0.15) is 5.75 Å². The summed E-state index contributed by atoms with van der Waals surface area (Å²) in [6.45, 7) is 0. The first-order valence-corrected chi connectivity index (χ1v) is 6.49. The van der Waals surface area contributed by atoms with Crippen LogP contribution in [0.5, 0.6) is 11.6 Å². The van der Waals surface area contributed by atoms with E-state index in [2.05, 4.69) is 4.98 Å². The van der Waals surface area contributed by atoms with Crippen molar-refractivity contribution >= 4 is 28.2 Å². The Labute approximate surface area is 124 Å². The van der Waals surface area contributed by atoms with Gasteiger partial charge in [0.25, 0.3) is 5.69 Å². The lowest BCUT2D eigenvalue weighted by Gasteiger charge is -2.07. The van der Waals surface area contributed by atoms with Crippen LogP contribution >= 0.6 is 11.6 Å². The lowest BCUT2D eigenvalue weighted by Crippen LogP contribution is -1.91. The minimum absolute atomic E-state index is 0.0315. The summed E-state index contributed by atoms with van der Waals surface area (Å²) in [4.78, 5) is 14.6. The monoisotopic (exact) mass is 300 g/mol. The lowest BCUT2D eigenvalue weighted by atomic mass is 10.2. The van der Waals surface area contributed by atoms with E-state index >= 15 is 0 Å². The summed E-state index contributed by atoms with van der Waals surface area (Å²) in [5.41, 5.74) is 0.647. The number of para-hydroxylation sites is 1. The summed E-state index contributed by atoms with van der Waals surface area (Å²) in [5, 5.41) is 11.9. The first-order chi connectivity index (χ1) is 10.1. The topological polar surface area (TPSA) is 65.3 Å². The van der Waals surface area contributed by atoms with Gasteiger partial charge in [-0.25, -0.2) is 4.98 Å². The maximum atomic E-state index is 10.7. The molecule has 5 nitrogen and oxygen atoms in total. The summed E-state index contributed by atoms with van der Waals surface area (Å²) >= 11 is 6.02. The van der Waals surface area contributed by atoms with Gasteiger partial charge in [-0.1, -0.05) is 23.7 Å². The average Bonchev–Trinajstić information content (AvgIpc) is 2.49. The molecule has 0 spiro atoms. The van der Waals surface area contributed by atoms with Crippen molar-refractivity contribution in [1.82, 2.24) is 4.98 Å². The summed E-state index contributed by atoms with van der Waals surface area (Å²) < 4.78 is 5.62. The minimum Gasteiger partial charge on any atom is -0.437 e. The van der Waals surface area contributed by atoms with Crippen molar-refractivity contribution in [2.45, 2.75) is 0 Å². The second-order valence-corrected chi connectivity index (χ2v) is 4.72. The van der Waals surface area contributed by atoms with Gasteiger partial charge in [-0.15, -0.1) is 0 Å². The molecule has 104 valence electrons. The lowest BCUT2D eigenvalue weighted by molar-refractivity contribution is -0.384. The van der Waals surface area contributed by atoms with E-state index in [-0.39, 0.29) is 5.69 Å². The first kappa shape index (κ1) is 13.3. The van der Waals surface area contributed by atoms with Gasteiger partial charge in [0.15, 0.2) is 0 Å². The summed E-state index contributed by atoms with van der Waals surface area (Å²) in [7, 11) is 0. The van der Waals surface area contributed by atoms with E-state index < -0.39 is 4.92 Å². The summed E-state index contributed by atoms with van der Waals surface area (Å²) in [6, 6.07) is 14.9. The third kappa shape index (κ3) is 2.78. The SMILES string of the molecule is O=[N+]([O-])c1ccc2nc(Oc3ccccc3Cl)ccc2c1. The van der Waals surface area contributed by atoms with Crippen LogP contribution in [0, 0.1) is 10.1 Å². The van der Waals surface area contributed by atoms with Crippen molar-refractivity contribution < 1.29 is 9.66 Å².